The van der Waals surface area contributed by atoms with Crippen LogP contribution in [0.5, 0.6) is 11.5 Å². The van der Waals surface area contributed by atoms with E-state index < -0.39 is 0 Å². The highest BCUT2D eigenvalue weighted by Gasteiger charge is 2.23. The van der Waals surface area contributed by atoms with Gasteiger partial charge < -0.3 is 23.5 Å². The topological polar surface area (TPSA) is 86.9 Å². The van der Waals surface area contributed by atoms with Gasteiger partial charge in [-0.3, -0.25) is 4.79 Å². The van der Waals surface area contributed by atoms with Crippen LogP contribution < -0.4 is 9.47 Å². The van der Waals surface area contributed by atoms with E-state index in [1.54, 1.807) is 24.1 Å². The van der Waals surface area contributed by atoms with Gasteiger partial charge in [0.15, 0.2) is 11.5 Å². The molecule has 166 valence electrons. The van der Waals surface area contributed by atoms with E-state index in [0.717, 1.165) is 4.88 Å². The lowest BCUT2D eigenvalue weighted by Crippen LogP contribution is -2.33. The summed E-state index contributed by atoms with van der Waals surface area (Å²) in [4.78, 5) is 15.7. The van der Waals surface area contributed by atoms with E-state index in [1.807, 2.05) is 31.4 Å². The number of aromatic nitrogens is 2. The average molecular weight is 466 g/mol. The van der Waals surface area contributed by atoms with Crippen molar-refractivity contribution in [3.63, 3.8) is 0 Å². The predicted octanol–water partition coefficient (Wildman–Crippen LogP) is 4.54. The van der Waals surface area contributed by atoms with Crippen molar-refractivity contribution in [3.8, 4) is 22.3 Å². The lowest BCUT2D eigenvalue weighted by Gasteiger charge is -2.22. The molecule has 0 atom stereocenters. The number of carbonyl (C=O) groups is 1. The molecule has 0 bridgehead atoms. The highest BCUT2D eigenvalue weighted by molar-refractivity contribution is 7.13. The second-order valence-electron chi connectivity index (χ2n) is 6.85. The summed E-state index contributed by atoms with van der Waals surface area (Å²) in [7, 11) is 3.07. The van der Waals surface area contributed by atoms with Gasteiger partial charge in [0.1, 0.15) is 0 Å². The van der Waals surface area contributed by atoms with E-state index >= 15 is 0 Å². The maximum atomic E-state index is 13.3. The van der Waals surface area contributed by atoms with Crippen molar-refractivity contribution in [2.45, 2.75) is 26.5 Å². The number of hydrogen-bond donors (Lipinski definition) is 0. The lowest BCUT2D eigenvalue weighted by molar-refractivity contribution is 0.0662. The van der Waals surface area contributed by atoms with Crippen LogP contribution in [0.3, 0.4) is 0 Å². The molecule has 1 aromatic carbocycles. The summed E-state index contributed by atoms with van der Waals surface area (Å²) in [5, 5.41) is 10.4. The maximum Gasteiger partial charge on any atom is 0.257 e. The Morgan fingerprint density at radius 1 is 1.29 bits per heavy atom. The maximum absolute atomic E-state index is 13.3. The van der Waals surface area contributed by atoms with E-state index in [0.29, 0.717) is 47.0 Å². The van der Waals surface area contributed by atoms with E-state index in [4.69, 9.17) is 30.2 Å². The Morgan fingerprint density at radius 2 is 2.10 bits per heavy atom. The van der Waals surface area contributed by atoms with Crippen molar-refractivity contribution < 1.29 is 23.4 Å². The lowest BCUT2D eigenvalue weighted by atomic mass is 10.1. The van der Waals surface area contributed by atoms with Gasteiger partial charge in [-0.1, -0.05) is 17.7 Å². The first-order valence-electron chi connectivity index (χ1n) is 9.61. The normalized spacial score (nSPS) is 11.0. The Labute approximate surface area is 189 Å². The Balaban J connectivity index is 1.85. The molecule has 0 aliphatic carbocycles. The second kappa shape index (κ2) is 10.6. The molecule has 3 rings (SSSR count). The summed E-state index contributed by atoms with van der Waals surface area (Å²) >= 11 is 7.89. The standard InChI is InChI=1S/C21H24ClN3O5S/c1-13(2)29-19-15(22)10-14(11-16(19)28-4)21(26)25(7-8-27-3)12-18-23-24-20(30-18)17-6-5-9-31-17/h5-6,9-11,13H,7-8,12H2,1-4H3. The summed E-state index contributed by atoms with van der Waals surface area (Å²) in [5.41, 5.74) is 0.354. The van der Waals surface area contributed by atoms with Crippen LogP contribution in [0.25, 0.3) is 10.8 Å². The average Bonchev–Trinajstić information content (AvgIpc) is 3.43. The molecular weight excluding hydrogens is 442 g/mol. The van der Waals surface area contributed by atoms with E-state index in [2.05, 4.69) is 10.2 Å². The molecule has 0 aliphatic rings. The van der Waals surface area contributed by atoms with Crippen LogP contribution in [0.4, 0.5) is 0 Å². The number of carbonyl (C=O) groups excluding carboxylic acids is 1. The molecule has 0 saturated heterocycles. The minimum Gasteiger partial charge on any atom is -0.493 e. The van der Waals surface area contributed by atoms with Crippen molar-refractivity contribution in [1.29, 1.82) is 0 Å². The van der Waals surface area contributed by atoms with Crippen molar-refractivity contribution in [1.82, 2.24) is 15.1 Å². The third kappa shape index (κ3) is 5.75. The molecule has 0 spiro atoms. The molecule has 8 nitrogen and oxygen atoms in total. The quantitative estimate of drug-likeness (QED) is 0.434. The van der Waals surface area contributed by atoms with Crippen molar-refractivity contribution in [3.05, 3.63) is 46.1 Å². The number of thiophene rings is 1. The number of amides is 1. The number of nitrogens with zero attached hydrogens (tertiary/aromatic N) is 3. The number of ether oxygens (including phenoxy) is 3. The highest BCUT2D eigenvalue weighted by Crippen LogP contribution is 2.37. The third-order valence-electron chi connectivity index (χ3n) is 4.21. The summed E-state index contributed by atoms with van der Waals surface area (Å²) in [6.45, 7) is 4.57. The van der Waals surface area contributed by atoms with E-state index in [1.165, 1.54) is 18.4 Å². The van der Waals surface area contributed by atoms with Gasteiger partial charge in [0.25, 0.3) is 11.8 Å². The molecule has 10 heteroatoms. The number of methoxy groups -OCH3 is 2. The Bertz CT molecular complexity index is 1010. The van der Waals surface area contributed by atoms with Crippen molar-refractivity contribution in [2.24, 2.45) is 0 Å². The molecule has 0 saturated carbocycles. The predicted molar refractivity (Wildman–Crippen MR) is 118 cm³/mol. The van der Waals surface area contributed by atoms with Gasteiger partial charge in [-0.25, -0.2) is 0 Å². The largest absolute Gasteiger partial charge is 0.493 e. The van der Waals surface area contributed by atoms with Crippen LogP contribution in [-0.4, -0.2) is 54.5 Å². The zero-order valence-electron chi connectivity index (χ0n) is 17.8. The third-order valence-corrected chi connectivity index (χ3v) is 5.35. The van der Waals surface area contributed by atoms with Crippen LogP contribution in [0, 0.1) is 0 Å². The molecule has 0 aliphatic heterocycles. The smallest absolute Gasteiger partial charge is 0.257 e. The Morgan fingerprint density at radius 3 is 2.74 bits per heavy atom. The van der Waals surface area contributed by atoms with Crippen LogP contribution in [-0.2, 0) is 11.3 Å². The van der Waals surface area contributed by atoms with E-state index in [9.17, 15) is 4.79 Å². The fourth-order valence-electron chi connectivity index (χ4n) is 2.81. The first-order chi connectivity index (χ1) is 14.9. The molecule has 1 amide bonds. The minimum absolute atomic E-state index is 0.0961. The summed E-state index contributed by atoms with van der Waals surface area (Å²) in [6.07, 6.45) is -0.0961. The number of halogens is 1. The van der Waals surface area contributed by atoms with Crippen LogP contribution in [0.2, 0.25) is 5.02 Å². The fourth-order valence-corrected chi connectivity index (χ4v) is 3.71. The monoisotopic (exact) mass is 465 g/mol. The molecule has 2 aromatic heterocycles. The number of hydrogen-bond acceptors (Lipinski definition) is 8. The summed E-state index contributed by atoms with van der Waals surface area (Å²) in [5.74, 6) is 1.25. The van der Waals surface area contributed by atoms with Gasteiger partial charge >= 0.3 is 0 Å². The van der Waals surface area contributed by atoms with Crippen LogP contribution >= 0.6 is 22.9 Å². The second-order valence-corrected chi connectivity index (χ2v) is 8.21. The highest BCUT2D eigenvalue weighted by atomic mass is 35.5. The van der Waals surface area contributed by atoms with Gasteiger partial charge in [0.2, 0.25) is 5.89 Å². The molecule has 3 aromatic rings. The molecule has 2 heterocycles. The van der Waals surface area contributed by atoms with Gasteiger partial charge in [0, 0.05) is 19.2 Å². The van der Waals surface area contributed by atoms with Gasteiger partial charge in [-0.2, -0.15) is 0 Å². The summed E-state index contributed by atoms with van der Waals surface area (Å²) in [6, 6.07) is 6.97. The zero-order valence-corrected chi connectivity index (χ0v) is 19.3. The summed E-state index contributed by atoms with van der Waals surface area (Å²) < 4.78 is 22.0. The first-order valence-corrected chi connectivity index (χ1v) is 10.9. The van der Waals surface area contributed by atoms with Gasteiger partial charge in [0.05, 0.1) is 36.3 Å². The Kier molecular flexibility index (Phi) is 7.89. The van der Waals surface area contributed by atoms with Crippen LogP contribution in [0.1, 0.15) is 30.1 Å². The van der Waals surface area contributed by atoms with Crippen molar-refractivity contribution >= 4 is 28.8 Å². The molecular formula is C21H24ClN3O5S. The molecule has 0 fully saturated rings. The number of rotatable bonds is 10. The minimum atomic E-state index is -0.274. The SMILES string of the molecule is COCCN(Cc1nnc(-c2cccs2)o1)C(=O)c1cc(Cl)c(OC(C)C)c(OC)c1. The first kappa shape index (κ1) is 23.1. The Hall–Kier alpha value is -2.62. The molecule has 0 N–H and O–H groups in total. The fraction of sp³-hybridized carbons (Fsp3) is 0.381. The van der Waals surface area contributed by atoms with Crippen molar-refractivity contribution in [2.75, 3.05) is 27.4 Å². The number of benzene rings is 1. The molecule has 0 radical (unpaired) electrons. The zero-order chi connectivity index (χ0) is 22.4. The van der Waals surface area contributed by atoms with Gasteiger partial charge in [-0.05, 0) is 37.4 Å². The van der Waals surface area contributed by atoms with E-state index in [-0.39, 0.29) is 18.6 Å². The molecule has 31 heavy (non-hydrogen) atoms. The molecule has 0 unspecified atom stereocenters. The van der Waals surface area contributed by atoms with Gasteiger partial charge in [-0.15, -0.1) is 21.5 Å². The van der Waals surface area contributed by atoms with Crippen LogP contribution in [0.15, 0.2) is 34.1 Å².